The lowest BCUT2D eigenvalue weighted by molar-refractivity contribution is 0.514. The summed E-state index contributed by atoms with van der Waals surface area (Å²) >= 11 is 0. The lowest BCUT2D eigenvalue weighted by Gasteiger charge is -2.20. The number of hydrogen-bond donors (Lipinski definition) is 1. The molecule has 0 radical (unpaired) electrons. The minimum absolute atomic E-state index is 0.634. The summed E-state index contributed by atoms with van der Waals surface area (Å²) in [6.07, 6.45) is 5.97. The Balaban J connectivity index is 2.25. The Morgan fingerprint density at radius 2 is 2.54 bits per heavy atom. The summed E-state index contributed by atoms with van der Waals surface area (Å²) in [5.41, 5.74) is 2.78. The molecule has 0 spiro atoms. The zero-order valence-electron chi connectivity index (χ0n) is 8.38. The Morgan fingerprint density at radius 3 is 3.31 bits per heavy atom. The second-order valence-electron chi connectivity index (χ2n) is 3.86. The highest BCUT2D eigenvalue weighted by Gasteiger charge is 2.22. The van der Waals surface area contributed by atoms with Crippen LogP contribution in [0, 0.1) is 0 Å². The molecule has 3 heteroatoms. The van der Waals surface area contributed by atoms with Crippen molar-refractivity contribution in [3.05, 3.63) is 17.5 Å². The molecule has 1 unspecified atom stereocenters. The maximum atomic E-state index is 4.53. The fraction of sp³-hybridized carbons (Fsp3) is 0.700. The van der Waals surface area contributed by atoms with Crippen molar-refractivity contribution in [1.29, 1.82) is 0 Å². The van der Waals surface area contributed by atoms with E-state index in [0.717, 1.165) is 6.54 Å². The third kappa shape index (κ3) is 1.61. The maximum absolute atomic E-state index is 4.53. The number of hydrogen-bond acceptors (Lipinski definition) is 2. The Morgan fingerprint density at radius 1 is 1.69 bits per heavy atom. The van der Waals surface area contributed by atoms with E-state index in [2.05, 4.69) is 16.6 Å². The molecule has 0 fully saturated rings. The van der Waals surface area contributed by atoms with E-state index in [1.165, 1.54) is 30.5 Å². The van der Waals surface area contributed by atoms with E-state index in [4.69, 9.17) is 0 Å². The van der Waals surface area contributed by atoms with Crippen molar-refractivity contribution in [3.63, 3.8) is 0 Å². The van der Waals surface area contributed by atoms with E-state index in [1.54, 1.807) is 0 Å². The van der Waals surface area contributed by atoms with Gasteiger partial charge in [-0.25, -0.2) is 0 Å². The minimum atomic E-state index is 0.634. The molecule has 0 saturated heterocycles. The highest BCUT2D eigenvalue weighted by atomic mass is 15.3. The van der Waals surface area contributed by atoms with Crippen LogP contribution in [0.1, 0.15) is 30.0 Å². The third-order valence-electron chi connectivity index (χ3n) is 2.77. The van der Waals surface area contributed by atoms with Crippen LogP contribution in [0.4, 0.5) is 0 Å². The molecular formula is C10H17N3. The number of likely N-dealkylation sites (N-methyl/N-ethyl adjacent to an activating group) is 1. The number of aryl methyl sites for hydroxylation is 2. The van der Waals surface area contributed by atoms with E-state index in [-0.39, 0.29) is 0 Å². The summed E-state index contributed by atoms with van der Waals surface area (Å²) < 4.78 is 1.94. The van der Waals surface area contributed by atoms with Gasteiger partial charge < -0.3 is 5.32 Å². The standard InChI is InChI=1S/C10H17N3/c1-11-6-8-4-3-5-9-7-13(2)12-10(8)9/h7-8,11H,3-6H2,1-2H3. The molecule has 0 bridgehead atoms. The molecule has 0 aliphatic heterocycles. The second kappa shape index (κ2) is 3.50. The average molecular weight is 179 g/mol. The van der Waals surface area contributed by atoms with E-state index >= 15 is 0 Å². The van der Waals surface area contributed by atoms with Crippen LogP contribution in [0.25, 0.3) is 0 Å². The highest BCUT2D eigenvalue weighted by Crippen LogP contribution is 2.29. The van der Waals surface area contributed by atoms with E-state index < -0.39 is 0 Å². The topological polar surface area (TPSA) is 29.9 Å². The van der Waals surface area contributed by atoms with Crippen molar-refractivity contribution >= 4 is 0 Å². The molecule has 1 aliphatic carbocycles. The number of nitrogens with one attached hydrogen (secondary N) is 1. The summed E-state index contributed by atoms with van der Waals surface area (Å²) in [4.78, 5) is 0. The molecule has 0 amide bonds. The molecule has 1 N–H and O–H groups in total. The van der Waals surface area contributed by atoms with Gasteiger partial charge in [-0.3, -0.25) is 4.68 Å². The molecule has 0 aromatic carbocycles. The molecule has 2 rings (SSSR count). The van der Waals surface area contributed by atoms with Gasteiger partial charge in [0, 0.05) is 25.7 Å². The first-order chi connectivity index (χ1) is 6.31. The van der Waals surface area contributed by atoms with Crippen molar-refractivity contribution in [2.75, 3.05) is 13.6 Å². The first kappa shape index (κ1) is 8.75. The zero-order valence-corrected chi connectivity index (χ0v) is 8.38. The zero-order chi connectivity index (χ0) is 9.26. The van der Waals surface area contributed by atoms with Crippen LogP contribution < -0.4 is 5.32 Å². The third-order valence-corrected chi connectivity index (χ3v) is 2.77. The second-order valence-corrected chi connectivity index (χ2v) is 3.86. The lowest BCUT2D eigenvalue weighted by Crippen LogP contribution is -2.21. The van der Waals surface area contributed by atoms with Gasteiger partial charge in [-0.05, 0) is 31.9 Å². The largest absolute Gasteiger partial charge is 0.319 e. The smallest absolute Gasteiger partial charge is 0.0699 e. The van der Waals surface area contributed by atoms with Gasteiger partial charge in [0.05, 0.1) is 5.69 Å². The van der Waals surface area contributed by atoms with Crippen molar-refractivity contribution in [2.45, 2.75) is 25.2 Å². The fourth-order valence-electron chi connectivity index (χ4n) is 2.21. The molecule has 1 heterocycles. The Hall–Kier alpha value is -0.830. The number of fused-ring (bicyclic) bond motifs is 1. The molecule has 72 valence electrons. The van der Waals surface area contributed by atoms with Crippen LogP contribution in [0.3, 0.4) is 0 Å². The summed E-state index contributed by atoms with van der Waals surface area (Å²) in [6.45, 7) is 1.06. The molecule has 13 heavy (non-hydrogen) atoms. The summed E-state index contributed by atoms with van der Waals surface area (Å²) in [7, 11) is 4.02. The maximum Gasteiger partial charge on any atom is 0.0699 e. The van der Waals surface area contributed by atoms with Crippen molar-refractivity contribution in [3.8, 4) is 0 Å². The van der Waals surface area contributed by atoms with Crippen molar-refractivity contribution < 1.29 is 0 Å². The molecule has 1 aromatic heterocycles. The number of aromatic nitrogens is 2. The van der Waals surface area contributed by atoms with Gasteiger partial charge in [0.1, 0.15) is 0 Å². The fourth-order valence-corrected chi connectivity index (χ4v) is 2.21. The van der Waals surface area contributed by atoms with Gasteiger partial charge in [-0.1, -0.05) is 0 Å². The van der Waals surface area contributed by atoms with Crippen molar-refractivity contribution in [1.82, 2.24) is 15.1 Å². The van der Waals surface area contributed by atoms with Crippen LogP contribution in [-0.4, -0.2) is 23.4 Å². The lowest BCUT2D eigenvalue weighted by atomic mass is 9.88. The number of rotatable bonds is 2. The highest BCUT2D eigenvalue weighted by molar-refractivity contribution is 5.24. The van der Waals surface area contributed by atoms with Gasteiger partial charge in [-0.2, -0.15) is 5.10 Å². The van der Waals surface area contributed by atoms with E-state index in [0.29, 0.717) is 5.92 Å². The summed E-state index contributed by atoms with van der Waals surface area (Å²) in [6, 6.07) is 0. The van der Waals surface area contributed by atoms with E-state index in [9.17, 15) is 0 Å². The molecular weight excluding hydrogens is 162 g/mol. The summed E-state index contributed by atoms with van der Waals surface area (Å²) in [5, 5.41) is 7.77. The van der Waals surface area contributed by atoms with Crippen LogP contribution in [-0.2, 0) is 13.5 Å². The van der Waals surface area contributed by atoms with Gasteiger partial charge in [0.2, 0.25) is 0 Å². The molecule has 3 nitrogen and oxygen atoms in total. The predicted octanol–water partition coefficient (Wildman–Crippen LogP) is 1.06. The monoisotopic (exact) mass is 179 g/mol. The molecule has 1 aliphatic rings. The van der Waals surface area contributed by atoms with Crippen LogP contribution >= 0.6 is 0 Å². The Bertz CT molecular complexity index is 290. The Labute approximate surface area is 79.1 Å². The van der Waals surface area contributed by atoms with Gasteiger partial charge in [-0.15, -0.1) is 0 Å². The first-order valence-corrected chi connectivity index (χ1v) is 4.98. The van der Waals surface area contributed by atoms with Gasteiger partial charge in [0.25, 0.3) is 0 Å². The van der Waals surface area contributed by atoms with Crippen LogP contribution in [0.5, 0.6) is 0 Å². The number of nitrogens with zero attached hydrogens (tertiary/aromatic N) is 2. The molecule has 0 saturated carbocycles. The molecule has 1 aromatic rings. The van der Waals surface area contributed by atoms with Gasteiger partial charge in [0.15, 0.2) is 0 Å². The van der Waals surface area contributed by atoms with Crippen molar-refractivity contribution in [2.24, 2.45) is 7.05 Å². The van der Waals surface area contributed by atoms with E-state index in [1.807, 2.05) is 18.8 Å². The Kier molecular flexibility index (Phi) is 2.36. The SMILES string of the molecule is CNCC1CCCc2cn(C)nc21. The quantitative estimate of drug-likeness (QED) is 0.735. The first-order valence-electron chi connectivity index (χ1n) is 4.98. The normalized spacial score (nSPS) is 21.5. The predicted molar refractivity (Wildman–Crippen MR) is 52.8 cm³/mol. The average Bonchev–Trinajstić information content (AvgIpc) is 2.47. The summed E-state index contributed by atoms with van der Waals surface area (Å²) in [5.74, 6) is 0.634. The minimum Gasteiger partial charge on any atom is -0.319 e. The molecule has 1 atom stereocenters. The van der Waals surface area contributed by atoms with Crippen LogP contribution in [0.15, 0.2) is 6.20 Å². The van der Waals surface area contributed by atoms with Gasteiger partial charge >= 0.3 is 0 Å². The van der Waals surface area contributed by atoms with Crippen LogP contribution in [0.2, 0.25) is 0 Å².